The summed E-state index contributed by atoms with van der Waals surface area (Å²) in [4.78, 5) is 59.3. The number of nitrogens with zero attached hydrogens (tertiary/aromatic N) is 3. The lowest BCUT2D eigenvalue weighted by atomic mass is 9.79. The summed E-state index contributed by atoms with van der Waals surface area (Å²) in [5.74, 6) is -2.53. The molecule has 0 saturated carbocycles. The van der Waals surface area contributed by atoms with Gasteiger partial charge in [0.15, 0.2) is 0 Å². The fraction of sp³-hybridized carbons (Fsp3) is 0.385. The van der Waals surface area contributed by atoms with Gasteiger partial charge in [0, 0.05) is 10.0 Å². The van der Waals surface area contributed by atoms with E-state index < -0.39 is 46.8 Å². The molecule has 35 heavy (non-hydrogen) atoms. The van der Waals surface area contributed by atoms with Crippen LogP contribution in [0.4, 0.5) is 10.5 Å². The van der Waals surface area contributed by atoms with Crippen LogP contribution in [0, 0.1) is 11.8 Å². The van der Waals surface area contributed by atoms with Crippen LogP contribution in [-0.4, -0.2) is 51.7 Å². The van der Waals surface area contributed by atoms with E-state index in [9.17, 15) is 19.2 Å². The van der Waals surface area contributed by atoms with Crippen molar-refractivity contribution in [3.05, 3.63) is 58.6 Å². The number of carbonyl (C=O) groups excluding carboxylic acids is 4. The first kappa shape index (κ1) is 23.5. The molecule has 5 amide bonds. The molecule has 2 aromatic rings. The predicted octanol–water partition coefficient (Wildman–Crippen LogP) is 4.14. The lowest BCUT2D eigenvalue weighted by molar-refractivity contribution is -0.148. The summed E-state index contributed by atoms with van der Waals surface area (Å²) in [6.45, 7) is 7.00. The maximum atomic E-state index is 14.0. The number of imide groups is 2. The second-order valence-corrected chi connectivity index (χ2v) is 11.2. The van der Waals surface area contributed by atoms with Gasteiger partial charge in [0.05, 0.1) is 30.7 Å². The fourth-order valence-electron chi connectivity index (χ4n) is 5.84. The zero-order valence-electron chi connectivity index (χ0n) is 20.1. The minimum Gasteiger partial charge on any atom is -0.497 e. The maximum absolute atomic E-state index is 14.0. The molecule has 182 valence electrons. The molecule has 0 spiro atoms. The number of fused-ring (bicyclic) bond motifs is 3. The third-order valence-corrected chi connectivity index (χ3v) is 7.80. The van der Waals surface area contributed by atoms with E-state index in [1.165, 1.54) is 9.80 Å². The molecule has 9 heteroatoms. The number of rotatable bonds is 3. The average Bonchev–Trinajstić information content (AvgIpc) is 3.30. The number of ether oxygens (including phenoxy) is 1. The van der Waals surface area contributed by atoms with E-state index >= 15 is 0 Å². The molecule has 3 fully saturated rings. The van der Waals surface area contributed by atoms with Crippen LogP contribution in [0.25, 0.3) is 0 Å². The highest BCUT2D eigenvalue weighted by Gasteiger charge is 2.76. The molecule has 5 rings (SSSR count). The zero-order valence-corrected chi connectivity index (χ0v) is 21.7. The lowest BCUT2D eigenvalue weighted by Gasteiger charge is -2.36. The molecule has 3 aliphatic rings. The van der Waals surface area contributed by atoms with Crippen molar-refractivity contribution in [3.63, 3.8) is 0 Å². The Labute approximate surface area is 211 Å². The number of anilines is 1. The Morgan fingerprint density at radius 1 is 0.971 bits per heavy atom. The summed E-state index contributed by atoms with van der Waals surface area (Å²) in [5, 5.41) is 0. The summed E-state index contributed by atoms with van der Waals surface area (Å²) < 4.78 is 5.98. The minimum atomic E-state index is -1.51. The summed E-state index contributed by atoms with van der Waals surface area (Å²) in [6, 6.07) is 12.6. The first-order valence-electron chi connectivity index (χ1n) is 11.4. The number of carbonyl (C=O) groups is 4. The fourth-order valence-corrected chi connectivity index (χ4v) is 6.22. The van der Waals surface area contributed by atoms with E-state index in [-0.39, 0.29) is 5.91 Å². The maximum Gasteiger partial charge on any atom is 0.332 e. The highest BCUT2D eigenvalue weighted by atomic mass is 79.9. The number of halogens is 1. The topological polar surface area (TPSA) is 87.2 Å². The zero-order chi connectivity index (χ0) is 25.4. The van der Waals surface area contributed by atoms with E-state index in [0.717, 1.165) is 4.90 Å². The lowest BCUT2D eigenvalue weighted by Crippen LogP contribution is -2.54. The molecule has 0 N–H and O–H groups in total. The van der Waals surface area contributed by atoms with Crippen LogP contribution < -0.4 is 9.64 Å². The van der Waals surface area contributed by atoms with Gasteiger partial charge in [0.2, 0.25) is 11.8 Å². The van der Waals surface area contributed by atoms with Gasteiger partial charge in [-0.1, -0.05) is 34.1 Å². The van der Waals surface area contributed by atoms with Crippen LogP contribution in [0.1, 0.15) is 39.3 Å². The Kier molecular flexibility index (Phi) is 5.14. The first-order chi connectivity index (χ1) is 16.4. The Hall–Kier alpha value is -3.20. The van der Waals surface area contributed by atoms with E-state index in [0.29, 0.717) is 21.5 Å². The second kappa shape index (κ2) is 7.65. The van der Waals surface area contributed by atoms with Gasteiger partial charge in [0.25, 0.3) is 5.91 Å². The molecule has 3 heterocycles. The Balaban J connectivity index is 1.71. The second-order valence-electron chi connectivity index (χ2n) is 10.3. The standard InChI is InChI=1S/C26H26BrN3O5/c1-25(2,3)30-21(31)18-19(22(30)32)26(4)23(33)28(16-8-6-7-15(27)13-16)24(34)29(26)20(18)14-9-11-17(35-5)12-10-14/h6-13,18-20H,1-5H3/t18-,19-,20-,26-/m1/s1. The van der Waals surface area contributed by atoms with Crippen LogP contribution in [0.5, 0.6) is 5.75 Å². The minimum absolute atomic E-state index is 0.362. The molecular formula is C26H26BrN3O5. The van der Waals surface area contributed by atoms with Gasteiger partial charge in [-0.25, -0.2) is 9.69 Å². The Morgan fingerprint density at radius 3 is 2.20 bits per heavy atom. The molecule has 8 nitrogen and oxygen atoms in total. The molecule has 0 unspecified atom stereocenters. The third kappa shape index (κ3) is 3.10. The Morgan fingerprint density at radius 2 is 1.63 bits per heavy atom. The summed E-state index contributed by atoms with van der Waals surface area (Å²) in [6.07, 6.45) is 0. The van der Waals surface area contributed by atoms with Crippen LogP contribution in [0.15, 0.2) is 53.0 Å². The number of hydrogen-bond donors (Lipinski definition) is 0. The van der Waals surface area contributed by atoms with Crippen molar-refractivity contribution in [2.45, 2.75) is 44.8 Å². The average molecular weight is 540 g/mol. The van der Waals surface area contributed by atoms with Crippen LogP contribution >= 0.6 is 15.9 Å². The first-order valence-corrected chi connectivity index (χ1v) is 12.2. The van der Waals surface area contributed by atoms with Crippen molar-refractivity contribution >= 4 is 45.4 Å². The molecule has 0 radical (unpaired) electrons. The predicted molar refractivity (Wildman–Crippen MR) is 132 cm³/mol. The highest BCUT2D eigenvalue weighted by Crippen LogP contribution is 2.59. The number of hydrogen-bond acceptors (Lipinski definition) is 5. The SMILES string of the molecule is COc1ccc([C@@H]2[C@@H]3C(=O)N(C(C)(C)C)C(=O)[C@@H]3[C@]3(C)C(=O)N(c4cccc(Br)c4)C(=O)N23)cc1. The van der Waals surface area contributed by atoms with Gasteiger partial charge in [-0.15, -0.1) is 0 Å². The van der Waals surface area contributed by atoms with Gasteiger partial charge in [-0.2, -0.15) is 0 Å². The van der Waals surface area contributed by atoms with Crippen LogP contribution in [0.3, 0.4) is 0 Å². The van der Waals surface area contributed by atoms with E-state index in [4.69, 9.17) is 4.74 Å². The summed E-state index contributed by atoms with van der Waals surface area (Å²) in [5.41, 5.74) is -1.21. The van der Waals surface area contributed by atoms with Crippen molar-refractivity contribution in [1.82, 2.24) is 9.80 Å². The number of amides is 5. The molecule has 4 atom stereocenters. The highest BCUT2D eigenvalue weighted by molar-refractivity contribution is 9.10. The van der Waals surface area contributed by atoms with Gasteiger partial charge < -0.3 is 9.64 Å². The van der Waals surface area contributed by atoms with Crippen molar-refractivity contribution < 1.29 is 23.9 Å². The Bertz CT molecular complexity index is 1270. The number of benzene rings is 2. The van der Waals surface area contributed by atoms with Crippen molar-refractivity contribution in [1.29, 1.82) is 0 Å². The molecule has 0 aliphatic carbocycles. The van der Waals surface area contributed by atoms with Gasteiger partial charge in [-0.3, -0.25) is 19.3 Å². The van der Waals surface area contributed by atoms with Gasteiger partial charge in [0.1, 0.15) is 11.3 Å². The molecule has 0 aromatic heterocycles. The van der Waals surface area contributed by atoms with Crippen molar-refractivity contribution in [2.75, 3.05) is 12.0 Å². The normalized spacial score (nSPS) is 28.2. The molecule has 2 aromatic carbocycles. The number of methoxy groups -OCH3 is 1. The third-order valence-electron chi connectivity index (χ3n) is 7.30. The van der Waals surface area contributed by atoms with Crippen LogP contribution in [-0.2, 0) is 14.4 Å². The summed E-state index contributed by atoms with van der Waals surface area (Å²) in [7, 11) is 1.55. The molecule has 0 bridgehead atoms. The number of urea groups is 1. The van der Waals surface area contributed by atoms with E-state index in [2.05, 4.69) is 15.9 Å². The van der Waals surface area contributed by atoms with Crippen molar-refractivity contribution in [3.8, 4) is 5.75 Å². The van der Waals surface area contributed by atoms with Crippen LogP contribution in [0.2, 0.25) is 0 Å². The monoisotopic (exact) mass is 539 g/mol. The summed E-state index contributed by atoms with van der Waals surface area (Å²) >= 11 is 3.40. The van der Waals surface area contributed by atoms with Gasteiger partial charge >= 0.3 is 6.03 Å². The molecule has 3 saturated heterocycles. The number of likely N-dealkylation sites (tertiary alicyclic amines) is 1. The smallest absolute Gasteiger partial charge is 0.332 e. The quantitative estimate of drug-likeness (QED) is 0.432. The van der Waals surface area contributed by atoms with Gasteiger partial charge in [-0.05, 0) is 63.6 Å². The molecular weight excluding hydrogens is 514 g/mol. The largest absolute Gasteiger partial charge is 0.497 e. The van der Waals surface area contributed by atoms with E-state index in [1.54, 1.807) is 83.3 Å². The van der Waals surface area contributed by atoms with Crippen molar-refractivity contribution in [2.24, 2.45) is 11.8 Å². The molecule has 3 aliphatic heterocycles. The van der Waals surface area contributed by atoms with E-state index in [1.807, 2.05) is 0 Å².